The minimum absolute atomic E-state index is 0. The number of fused-ring (bicyclic) bond motifs is 6. The minimum atomic E-state index is -4.96. The van der Waals surface area contributed by atoms with Crippen molar-refractivity contribution >= 4 is 57.2 Å². The first-order valence-electron chi connectivity index (χ1n) is 20.5. The second-order valence-electron chi connectivity index (χ2n) is 13.2. The van der Waals surface area contributed by atoms with E-state index >= 15 is 0 Å². The van der Waals surface area contributed by atoms with Gasteiger partial charge in [-0.1, -0.05) is 108 Å². The Bertz CT molecular complexity index is 3160. The van der Waals surface area contributed by atoms with Crippen LogP contribution in [0.1, 0.15) is 8.22 Å². The molecule has 0 N–H and O–H groups in total. The fraction of sp³-hybridized carbons (Fsp3) is 0.0417. The molecule has 0 fully saturated rings. The molecule has 4 nitrogen and oxygen atoms in total. The molecule has 0 amide bonds. The monoisotopic (exact) mass is 895 g/mol. The van der Waals surface area contributed by atoms with E-state index < -0.39 is 21.2 Å². The van der Waals surface area contributed by atoms with Gasteiger partial charge in [0.1, 0.15) is 5.65 Å². The van der Waals surface area contributed by atoms with Crippen LogP contribution in [0.5, 0.6) is 0 Å². The molecule has 4 heterocycles. The maximum atomic E-state index is 9.34. The van der Waals surface area contributed by atoms with E-state index in [1.807, 2.05) is 126 Å². The number of para-hydroxylation sites is 2. The van der Waals surface area contributed by atoms with Crippen LogP contribution in [-0.4, -0.2) is 27.0 Å². The van der Waals surface area contributed by atoms with E-state index in [2.05, 4.69) is 36.4 Å². The Balaban J connectivity index is 0.00000462. The minimum Gasteiger partial charge on any atom is -0.387 e. The molecule has 260 valence electrons. The van der Waals surface area contributed by atoms with Gasteiger partial charge in [0.2, 0.25) is 0 Å². The Kier molecular flexibility index (Phi) is 6.93. The zero-order chi connectivity index (χ0) is 40.5. The van der Waals surface area contributed by atoms with Gasteiger partial charge in [0.15, 0.2) is 8.24 Å². The van der Waals surface area contributed by atoms with Crippen molar-refractivity contribution in [2.24, 2.45) is 0 Å². The molecule has 0 aliphatic rings. The van der Waals surface area contributed by atoms with Crippen molar-refractivity contribution in [3.63, 3.8) is 0 Å². The van der Waals surface area contributed by atoms with Gasteiger partial charge >= 0.3 is 21.1 Å². The van der Waals surface area contributed by atoms with Gasteiger partial charge in [-0.05, 0) is 76.6 Å². The van der Waals surface area contributed by atoms with E-state index in [0.717, 1.165) is 43.9 Å². The van der Waals surface area contributed by atoms with Crippen LogP contribution in [0, 0.1) is 12.1 Å². The average molecular weight is 896 g/mol. The first kappa shape index (κ1) is 27.7. The van der Waals surface area contributed by atoms with Gasteiger partial charge in [0.25, 0.3) is 0 Å². The number of hydrogen-bond donors (Lipinski definition) is 0. The van der Waals surface area contributed by atoms with E-state index in [1.165, 1.54) is 0 Å². The summed E-state index contributed by atoms with van der Waals surface area (Å²) in [6.07, 6.45) is 3.46. The number of aromatic nitrogens is 4. The number of benzene rings is 6. The molecule has 0 radical (unpaired) electrons. The molecule has 0 saturated heterocycles. The normalized spacial score (nSPS) is 13.9. The van der Waals surface area contributed by atoms with Gasteiger partial charge in [-0.3, -0.25) is 0 Å². The fourth-order valence-corrected chi connectivity index (χ4v) is 9.66. The van der Waals surface area contributed by atoms with Crippen molar-refractivity contribution in [3.8, 4) is 39.2 Å². The van der Waals surface area contributed by atoms with Gasteiger partial charge in [0, 0.05) is 36.9 Å². The van der Waals surface area contributed by atoms with E-state index in [9.17, 15) is 8.22 Å². The number of nitrogens with zero attached hydrogens (tertiary/aromatic N) is 4. The summed E-state index contributed by atoms with van der Waals surface area (Å²) in [5.41, 5.74) is 8.19. The molecule has 0 spiro atoms. The van der Waals surface area contributed by atoms with Crippen molar-refractivity contribution < 1.29 is 29.3 Å². The molecule has 0 bridgehead atoms. The molecule has 10 rings (SSSR count). The van der Waals surface area contributed by atoms with Crippen LogP contribution in [0.2, 0.25) is 13.0 Å². The molecule has 10 aromatic rings. The molecular formula is C48H34N4PtSi. The summed E-state index contributed by atoms with van der Waals surface area (Å²) in [4.78, 5) is 9.47. The molecular weight excluding hydrogens is 856 g/mol. The summed E-state index contributed by atoms with van der Waals surface area (Å²) in [6.45, 7) is -5.96. The predicted octanol–water partition coefficient (Wildman–Crippen LogP) is 11.2. The van der Waals surface area contributed by atoms with Crippen molar-refractivity contribution in [1.29, 1.82) is 0 Å². The van der Waals surface area contributed by atoms with Crippen LogP contribution in [0.25, 0.3) is 82.9 Å². The Hall–Kier alpha value is -5.87. The zero-order valence-electron chi connectivity index (χ0n) is 34.8. The summed E-state index contributed by atoms with van der Waals surface area (Å²) in [7, 11) is -4.96. The standard InChI is InChI=1S/C48H34N4Si.Pt/c1-53(2,37-17-12-16-35(30-37)44-31-34(27-29-49-44)39-19-7-6-18-38(39)33-14-4-3-5-15-33)52-46-24-11-9-20-40(46)42-26-25-36(32-47(42)52)51-45-23-10-8-21-41(45)43-22-13-28-50-48(43)51;/h3-29,31H,1-2H3;/q-2;+2/i1D3,2D3;. The Labute approximate surface area is 338 Å². The van der Waals surface area contributed by atoms with E-state index in [1.54, 1.807) is 28.8 Å². The molecule has 6 aromatic carbocycles. The maximum absolute atomic E-state index is 9.34. The quantitative estimate of drug-likeness (QED) is 0.123. The van der Waals surface area contributed by atoms with Gasteiger partial charge < -0.3 is 13.8 Å². The topological polar surface area (TPSA) is 35.6 Å². The third-order valence-corrected chi connectivity index (χ3v) is 12.3. The molecule has 0 aliphatic carbocycles. The van der Waals surface area contributed by atoms with Gasteiger partial charge in [-0.25, -0.2) is 4.98 Å². The first-order valence-corrected chi connectivity index (χ1v) is 19.5. The molecule has 4 aromatic heterocycles. The number of hydrogen-bond acceptors (Lipinski definition) is 2. The second-order valence-corrected chi connectivity index (χ2v) is 15.6. The van der Waals surface area contributed by atoms with Gasteiger partial charge in [-0.2, -0.15) is 6.07 Å². The third kappa shape index (κ3) is 5.46. The zero-order valence-corrected chi connectivity index (χ0v) is 32.0. The van der Waals surface area contributed by atoms with Crippen LogP contribution in [0.4, 0.5) is 0 Å². The van der Waals surface area contributed by atoms with Gasteiger partial charge in [-0.15, -0.1) is 52.5 Å². The van der Waals surface area contributed by atoms with Crippen molar-refractivity contribution in [3.05, 3.63) is 182 Å². The van der Waals surface area contributed by atoms with Crippen LogP contribution < -0.4 is 5.19 Å². The van der Waals surface area contributed by atoms with Crippen LogP contribution >= 0.6 is 0 Å². The van der Waals surface area contributed by atoms with Crippen molar-refractivity contribution in [2.75, 3.05) is 0 Å². The molecule has 6 heteroatoms. The van der Waals surface area contributed by atoms with Gasteiger partial charge in [0.05, 0.1) is 5.52 Å². The largest absolute Gasteiger partial charge is 2.00 e. The van der Waals surface area contributed by atoms with Crippen molar-refractivity contribution in [1.82, 2.24) is 18.8 Å². The predicted molar refractivity (Wildman–Crippen MR) is 222 cm³/mol. The molecule has 0 aliphatic heterocycles. The number of rotatable bonds is 6. The number of pyridine rings is 2. The summed E-state index contributed by atoms with van der Waals surface area (Å²) in [6, 6.07) is 57.5. The Morgan fingerprint density at radius 3 is 2.07 bits per heavy atom. The maximum Gasteiger partial charge on any atom is 2.00 e. The molecule has 0 saturated carbocycles. The SMILES string of the molecule is [2H]C([2H])([2H])[Si](c1[c-]c(-c2cc(-c3ccccc3-c3ccccc3)ccn2)ccc1)(n1c2[c-]c(-n3c4ccccc4c4cccnc43)ccc2c2ccccc21)C([2H])([2H])[2H].[Pt+2]. The summed E-state index contributed by atoms with van der Waals surface area (Å²) in [5, 5.41) is 3.51. The first-order chi connectivity index (χ1) is 28.6. The second kappa shape index (κ2) is 13.5. The smallest absolute Gasteiger partial charge is 0.387 e. The Morgan fingerprint density at radius 1 is 0.556 bits per heavy atom. The van der Waals surface area contributed by atoms with E-state index in [4.69, 9.17) is 9.97 Å². The van der Waals surface area contributed by atoms with E-state index in [-0.39, 0.29) is 26.3 Å². The Morgan fingerprint density at radius 2 is 1.26 bits per heavy atom. The third-order valence-electron chi connectivity index (χ3n) is 10.1. The van der Waals surface area contributed by atoms with Crippen LogP contribution in [-0.2, 0) is 21.1 Å². The summed E-state index contributed by atoms with van der Waals surface area (Å²) >= 11 is 0. The summed E-state index contributed by atoms with van der Waals surface area (Å²) in [5.74, 6) is 0. The molecule has 54 heavy (non-hydrogen) atoms. The summed E-state index contributed by atoms with van der Waals surface area (Å²) < 4.78 is 59.7. The van der Waals surface area contributed by atoms with Crippen molar-refractivity contribution in [2.45, 2.75) is 13.0 Å². The van der Waals surface area contributed by atoms with Crippen LogP contribution in [0.15, 0.2) is 170 Å². The molecule has 0 unspecified atom stereocenters. The fourth-order valence-electron chi connectivity index (χ4n) is 7.70. The van der Waals surface area contributed by atoms with Crippen LogP contribution in [0.3, 0.4) is 0 Å². The van der Waals surface area contributed by atoms with E-state index in [0.29, 0.717) is 39.0 Å². The molecule has 0 atom stereocenters. The average Bonchev–Trinajstić information content (AvgIpc) is 3.76.